The fraction of sp³-hybridized carbons (Fsp3) is 0.333. The van der Waals surface area contributed by atoms with Crippen molar-refractivity contribution >= 4 is 17.6 Å². The molecule has 21 heavy (non-hydrogen) atoms. The molecule has 0 aliphatic rings. The van der Waals surface area contributed by atoms with Crippen LogP contribution in [0.1, 0.15) is 19.2 Å². The van der Waals surface area contributed by atoms with E-state index in [0.29, 0.717) is 22.4 Å². The van der Waals surface area contributed by atoms with Gasteiger partial charge in [-0.3, -0.25) is 0 Å². The van der Waals surface area contributed by atoms with Gasteiger partial charge in [0.15, 0.2) is 5.82 Å². The quantitative estimate of drug-likeness (QED) is 0.790. The number of hydrogen-bond acceptors (Lipinski definition) is 5. The van der Waals surface area contributed by atoms with Gasteiger partial charge in [0.2, 0.25) is 0 Å². The molecule has 0 fully saturated rings. The lowest BCUT2D eigenvalue weighted by Gasteiger charge is -2.09. The molecule has 2 aromatic rings. The first kappa shape index (κ1) is 15.7. The predicted octanol–water partition coefficient (Wildman–Crippen LogP) is 3.74. The number of anilines is 1. The Labute approximate surface area is 128 Å². The van der Waals surface area contributed by atoms with E-state index in [4.69, 9.17) is 4.74 Å². The lowest BCUT2D eigenvalue weighted by Crippen LogP contribution is -2.06. The first-order valence-corrected chi connectivity index (χ1v) is 7.57. The van der Waals surface area contributed by atoms with E-state index >= 15 is 0 Å². The first-order chi connectivity index (χ1) is 10.2. The van der Waals surface area contributed by atoms with Gasteiger partial charge in [0.25, 0.3) is 0 Å². The van der Waals surface area contributed by atoms with E-state index in [2.05, 4.69) is 22.2 Å². The largest absolute Gasteiger partial charge is 0.377 e. The van der Waals surface area contributed by atoms with Crippen LogP contribution in [-0.2, 0) is 11.3 Å². The molecule has 0 atom stereocenters. The Morgan fingerprint density at radius 3 is 2.81 bits per heavy atom. The Hall–Kier alpha value is -1.66. The minimum atomic E-state index is -0.252. The zero-order chi connectivity index (χ0) is 15.1. The number of aromatic nitrogens is 2. The van der Waals surface area contributed by atoms with E-state index < -0.39 is 0 Å². The van der Waals surface area contributed by atoms with Crippen molar-refractivity contribution < 1.29 is 9.13 Å². The highest BCUT2D eigenvalue weighted by Gasteiger charge is 2.08. The Morgan fingerprint density at radius 1 is 1.29 bits per heavy atom. The van der Waals surface area contributed by atoms with Gasteiger partial charge >= 0.3 is 0 Å². The van der Waals surface area contributed by atoms with Crippen LogP contribution in [0.5, 0.6) is 0 Å². The van der Waals surface area contributed by atoms with Crippen LogP contribution in [0.3, 0.4) is 0 Å². The van der Waals surface area contributed by atoms with E-state index in [9.17, 15) is 4.39 Å². The number of benzene rings is 1. The maximum Gasteiger partial charge on any atom is 0.157 e. The van der Waals surface area contributed by atoms with Gasteiger partial charge in [0, 0.05) is 24.6 Å². The van der Waals surface area contributed by atoms with Crippen LogP contribution in [0.15, 0.2) is 40.3 Å². The Balaban J connectivity index is 2.24. The summed E-state index contributed by atoms with van der Waals surface area (Å²) in [6.45, 7) is 3.24. The first-order valence-electron chi connectivity index (χ1n) is 6.76. The van der Waals surface area contributed by atoms with Gasteiger partial charge in [0.1, 0.15) is 23.3 Å². The zero-order valence-corrected chi connectivity index (χ0v) is 12.9. The molecule has 0 spiro atoms. The number of nitrogens with one attached hydrogen (secondary N) is 1. The normalized spacial score (nSPS) is 10.6. The number of ether oxygens (including phenoxy) is 1. The molecule has 112 valence electrons. The topological polar surface area (TPSA) is 47.0 Å². The molecule has 0 unspecified atom stereocenters. The Bertz CT molecular complexity index is 595. The van der Waals surface area contributed by atoms with Crippen molar-refractivity contribution in [2.75, 3.05) is 19.0 Å². The maximum absolute atomic E-state index is 13.7. The van der Waals surface area contributed by atoms with Crippen LogP contribution in [0.4, 0.5) is 10.2 Å². The van der Waals surface area contributed by atoms with Crippen molar-refractivity contribution in [1.82, 2.24) is 9.97 Å². The number of hydrogen-bond donors (Lipinski definition) is 1. The summed E-state index contributed by atoms with van der Waals surface area (Å²) in [5, 5.41) is 3.92. The number of nitrogens with zero attached hydrogens (tertiary/aromatic N) is 2. The second kappa shape index (κ2) is 7.95. The van der Waals surface area contributed by atoms with Gasteiger partial charge in [-0.25, -0.2) is 14.4 Å². The van der Waals surface area contributed by atoms with Crippen LogP contribution < -0.4 is 5.32 Å². The number of rotatable bonds is 7. The summed E-state index contributed by atoms with van der Waals surface area (Å²) in [5.74, 6) is 1.06. The smallest absolute Gasteiger partial charge is 0.157 e. The second-order valence-corrected chi connectivity index (χ2v) is 5.46. The predicted molar refractivity (Wildman–Crippen MR) is 82.0 cm³/mol. The minimum Gasteiger partial charge on any atom is -0.377 e. The molecule has 0 amide bonds. The molecule has 6 heteroatoms. The van der Waals surface area contributed by atoms with Gasteiger partial charge in [-0.15, -0.1) is 0 Å². The van der Waals surface area contributed by atoms with Crippen molar-refractivity contribution in [3.63, 3.8) is 0 Å². The van der Waals surface area contributed by atoms with Crippen LogP contribution in [0.25, 0.3) is 0 Å². The molecule has 0 saturated carbocycles. The summed E-state index contributed by atoms with van der Waals surface area (Å²) in [6, 6.07) is 8.47. The van der Waals surface area contributed by atoms with E-state index in [0.717, 1.165) is 18.8 Å². The molecule has 2 rings (SSSR count). The summed E-state index contributed by atoms with van der Waals surface area (Å²) in [7, 11) is 1.60. The highest BCUT2D eigenvalue weighted by molar-refractivity contribution is 7.99. The molecule has 0 saturated heterocycles. The summed E-state index contributed by atoms with van der Waals surface area (Å²) in [5.41, 5.74) is 0. The molecule has 1 aromatic heterocycles. The average molecular weight is 307 g/mol. The lowest BCUT2D eigenvalue weighted by molar-refractivity contribution is 0.177. The van der Waals surface area contributed by atoms with Gasteiger partial charge in [-0.1, -0.05) is 30.8 Å². The van der Waals surface area contributed by atoms with Crippen molar-refractivity contribution in [2.45, 2.75) is 29.9 Å². The molecule has 1 heterocycles. The molecular formula is C15H18FN3OS. The Morgan fingerprint density at radius 2 is 2.10 bits per heavy atom. The van der Waals surface area contributed by atoms with Gasteiger partial charge < -0.3 is 10.1 Å². The minimum absolute atomic E-state index is 0.252. The molecule has 1 aromatic carbocycles. The Kier molecular flexibility index (Phi) is 5.95. The van der Waals surface area contributed by atoms with Crippen molar-refractivity contribution in [2.24, 2.45) is 0 Å². The van der Waals surface area contributed by atoms with Gasteiger partial charge in [0.05, 0.1) is 0 Å². The number of halogens is 1. The van der Waals surface area contributed by atoms with E-state index in [1.807, 2.05) is 6.07 Å². The second-order valence-electron chi connectivity index (χ2n) is 4.40. The van der Waals surface area contributed by atoms with E-state index in [-0.39, 0.29) is 5.82 Å². The number of methoxy groups -OCH3 is 1. The average Bonchev–Trinajstić information content (AvgIpc) is 2.48. The third-order valence-corrected chi connectivity index (χ3v) is 3.60. The lowest BCUT2D eigenvalue weighted by atomic mass is 10.3. The summed E-state index contributed by atoms with van der Waals surface area (Å²) in [6.07, 6.45) is 0.999. The molecule has 0 bridgehead atoms. The van der Waals surface area contributed by atoms with E-state index in [1.165, 1.54) is 17.8 Å². The standard InChI is InChI=1S/C15H18FN3OS/c1-3-8-17-13-9-15(19-14(18-13)10-20-2)21-12-7-5-4-6-11(12)16/h4-7,9H,3,8,10H2,1-2H3,(H,17,18,19). The molecule has 1 N–H and O–H groups in total. The van der Waals surface area contributed by atoms with Crippen LogP contribution >= 0.6 is 11.8 Å². The fourth-order valence-electron chi connectivity index (χ4n) is 1.70. The van der Waals surface area contributed by atoms with Crippen LogP contribution in [-0.4, -0.2) is 23.6 Å². The fourth-order valence-corrected chi connectivity index (χ4v) is 2.56. The van der Waals surface area contributed by atoms with Crippen molar-refractivity contribution in [1.29, 1.82) is 0 Å². The van der Waals surface area contributed by atoms with Crippen molar-refractivity contribution in [3.8, 4) is 0 Å². The summed E-state index contributed by atoms with van der Waals surface area (Å²) < 4.78 is 18.8. The summed E-state index contributed by atoms with van der Waals surface area (Å²) >= 11 is 1.28. The van der Waals surface area contributed by atoms with Crippen LogP contribution in [0.2, 0.25) is 0 Å². The molecule has 0 aliphatic carbocycles. The van der Waals surface area contributed by atoms with Crippen LogP contribution in [0, 0.1) is 5.82 Å². The van der Waals surface area contributed by atoms with Crippen molar-refractivity contribution in [3.05, 3.63) is 42.0 Å². The third kappa shape index (κ3) is 4.68. The van der Waals surface area contributed by atoms with Gasteiger partial charge in [-0.2, -0.15) is 0 Å². The van der Waals surface area contributed by atoms with Gasteiger partial charge in [-0.05, 0) is 18.6 Å². The maximum atomic E-state index is 13.7. The highest BCUT2D eigenvalue weighted by atomic mass is 32.2. The van der Waals surface area contributed by atoms with E-state index in [1.54, 1.807) is 25.3 Å². The molecule has 0 radical (unpaired) electrons. The molecule has 0 aliphatic heterocycles. The third-order valence-electron chi connectivity index (χ3n) is 2.63. The SMILES string of the molecule is CCCNc1cc(Sc2ccccc2F)nc(COC)n1. The molecule has 4 nitrogen and oxygen atoms in total. The zero-order valence-electron chi connectivity index (χ0n) is 12.1. The summed E-state index contributed by atoms with van der Waals surface area (Å²) in [4.78, 5) is 9.30. The highest BCUT2D eigenvalue weighted by Crippen LogP contribution is 2.29. The molecular weight excluding hydrogens is 289 g/mol. The monoisotopic (exact) mass is 307 g/mol.